The molecule has 0 heterocycles. The van der Waals surface area contributed by atoms with Crippen LogP contribution >= 0.6 is 0 Å². The zero-order chi connectivity index (χ0) is 15.6. The second-order valence-electron chi connectivity index (χ2n) is 4.62. The number of esters is 1. The molecule has 3 N–H and O–H groups in total. The topological polar surface area (TPSA) is 98.5 Å². The van der Waals surface area contributed by atoms with Crippen LogP contribution in [0, 0.1) is 12.3 Å². The minimum atomic E-state index is -3.88. The van der Waals surface area contributed by atoms with Gasteiger partial charge in [-0.15, -0.1) is 6.42 Å². The van der Waals surface area contributed by atoms with Crippen molar-refractivity contribution in [2.24, 2.45) is 0 Å². The first-order valence-electron chi connectivity index (χ1n) is 5.62. The summed E-state index contributed by atoms with van der Waals surface area (Å²) in [6.45, 7) is 3.09. The normalized spacial score (nSPS) is 11.7. The van der Waals surface area contributed by atoms with Gasteiger partial charge in [0.05, 0.1) is 23.9 Å². The average Bonchev–Trinajstić information content (AvgIpc) is 2.36. The Morgan fingerprint density at radius 3 is 2.50 bits per heavy atom. The van der Waals surface area contributed by atoms with E-state index >= 15 is 0 Å². The molecular weight excluding hydrogens is 280 g/mol. The predicted molar refractivity (Wildman–Crippen MR) is 75.4 cm³/mol. The fourth-order valence-electron chi connectivity index (χ4n) is 1.46. The van der Waals surface area contributed by atoms with Gasteiger partial charge in [0.25, 0.3) is 0 Å². The molecule has 0 aliphatic carbocycles. The van der Waals surface area contributed by atoms with Gasteiger partial charge >= 0.3 is 5.97 Å². The fourth-order valence-corrected chi connectivity index (χ4v) is 2.92. The molecule has 0 aromatic heterocycles. The van der Waals surface area contributed by atoms with Gasteiger partial charge in [-0.3, -0.25) is 0 Å². The van der Waals surface area contributed by atoms with E-state index in [2.05, 4.69) is 15.4 Å². The third-order valence-corrected chi connectivity index (χ3v) is 4.20. The first-order valence-corrected chi connectivity index (χ1v) is 7.11. The maximum absolute atomic E-state index is 12.2. The number of nitrogens with two attached hydrogens (primary N) is 1. The van der Waals surface area contributed by atoms with Crippen LogP contribution < -0.4 is 10.5 Å². The largest absolute Gasteiger partial charge is 0.465 e. The van der Waals surface area contributed by atoms with Gasteiger partial charge in [-0.2, -0.15) is 4.72 Å². The van der Waals surface area contributed by atoms with Crippen LogP contribution in [0.1, 0.15) is 24.2 Å². The van der Waals surface area contributed by atoms with Crippen molar-refractivity contribution in [2.75, 3.05) is 12.8 Å². The highest BCUT2D eigenvalue weighted by Gasteiger charge is 2.26. The van der Waals surface area contributed by atoms with Crippen molar-refractivity contribution in [3.8, 4) is 12.3 Å². The highest BCUT2D eigenvalue weighted by Crippen LogP contribution is 2.21. The molecule has 0 saturated heterocycles. The first kappa shape index (κ1) is 16.0. The second-order valence-corrected chi connectivity index (χ2v) is 6.27. The highest BCUT2D eigenvalue weighted by molar-refractivity contribution is 7.89. The lowest BCUT2D eigenvalue weighted by molar-refractivity contribution is 0.0600. The Kier molecular flexibility index (Phi) is 4.43. The van der Waals surface area contributed by atoms with Crippen LogP contribution in [-0.2, 0) is 14.8 Å². The number of methoxy groups -OCH3 is 1. The van der Waals surface area contributed by atoms with Gasteiger partial charge in [-0.25, -0.2) is 13.2 Å². The van der Waals surface area contributed by atoms with E-state index < -0.39 is 21.5 Å². The summed E-state index contributed by atoms with van der Waals surface area (Å²) in [5.41, 5.74) is 4.74. The molecule has 6 nitrogen and oxygen atoms in total. The molecule has 0 saturated carbocycles. The number of anilines is 1. The molecule has 20 heavy (non-hydrogen) atoms. The van der Waals surface area contributed by atoms with Gasteiger partial charge in [-0.05, 0) is 32.0 Å². The number of carbonyl (C=O) groups excluding carboxylic acids is 1. The Bertz CT molecular complexity index is 672. The number of rotatable bonds is 4. The second kappa shape index (κ2) is 5.53. The van der Waals surface area contributed by atoms with E-state index in [4.69, 9.17) is 12.2 Å². The van der Waals surface area contributed by atoms with Gasteiger partial charge in [0.15, 0.2) is 0 Å². The Morgan fingerprint density at radius 2 is 2.05 bits per heavy atom. The zero-order valence-electron chi connectivity index (χ0n) is 11.4. The summed E-state index contributed by atoms with van der Waals surface area (Å²) < 4.78 is 31.2. The standard InChI is InChI=1S/C13H16N2O4S/c1-5-13(2,3)15-20(17,18)11-7-6-9(8-10(11)14)12(16)19-4/h1,6-8,15H,14H2,2-4H3. The molecule has 0 aliphatic rings. The molecular formula is C13H16N2O4S. The van der Waals surface area contributed by atoms with Crippen LogP contribution in [0.2, 0.25) is 0 Å². The maximum atomic E-state index is 12.2. The van der Waals surface area contributed by atoms with E-state index in [0.717, 1.165) is 0 Å². The van der Waals surface area contributed by atoms with Crippen molar-refractivity contribution in [3.05, 3.63) is 23.8 Å². The van der Waals surface area contributed by atoms with Crippen LogP contribution in [0.5, 0.6) is 0 Å². The molecule has 0 fully saturated rings. The summed E-state index contributed by atoms with van der Waals surface area (Å²) >= 11 is 0. The van der Waals surface area contributed by atoms with E-state index in [-0.39, 0.29) is 16.1 Å². The van der Waals surface area contributed by atoms with E-state index in [9.17, 15) is 13.2 Å². The SMILES string of the molecule is C#CC(C)(C)NS(=O)(=O)c1ccc(C(=O)OC)cc1N. The van der Waals surface area contributed by atoms with Gasteiger partial charge < -0.3 is 10.5 Å². The molecule has 0 spiro atoms. The number of sulfonamides is 1. The Morgan fingerprint density at radius 1 is 1.45 bits per heavy atom. The minimum Gasteiger partial charge on any atom is -0.465 e. The van der Waals surface area contributed by atoms with Crippen molar-refractivity contribution in [3.63, 3.8) is 0 Å². The van der Waals surface area contributed by atoms with Crippen molar-refractivity contribution in [2.45, 2.75) is 24.3 Å². The number of nitrogen functional groups attached to an aromatic ring is 1. The average molecular weight is 296 g/mol. The summed E-state index contributed by atoms with van der Waals surface area (Å²) in [5, 5.41) is 0. The minimum absolute atomic E-state index is 0.0618. The molecule has 0 aliphatic heterocycles. The van der Waals surface area contributed by atoms with E-state index in [1.54, 1.807) is 13.8 Å². The lowest BCUT2D eigenvalue weighted by Gasteiger charge is -2.20. The number of hydrogen-bond acceptors (Lipinski definition) is 5. The van der Waals surface area contributed by atoms with Crippen LogP contribution in [-0.4, -0.2) is 27.0 Å². The van der Waals surface area contributed by atoms with Crippen LogP contribution in [0.3, 0.4) is 0 Å². The predicted octanol–water partition coefficient (Wildman–Crippen LogP) is 0.746. The molecule has 1 aromatic rings. The quantitative estimate of drug-likeness (QED) is 0.485. The van der Waals surface area contributed by atoms with E-state index in [1.165, 1.54) is 25.3 Å². The Labute approximate surface area is 118 Å². The number of benzene rings is 1. The van der Waals surface area contributed by atoms with E-state index in [0.29, 0.717) is 0 Å². The van der Waals surface area contributed by atoms with Gasteiger partial charge in [0, 0.05) is 0 Å². The van der Waals surface area contributed by atoms with Crippen LogP contribution in [0.4, 0.5) is 5.69 Å². The molecule has 0 amide bonds. The fraction of sp³-hybridized carbons (Fsp3) is 0.308. The lowest BCUT2D eigenvalue weighted by Crippen LogP contribution is -2.42. The number of ether oxygens (including phenoxy) is 1. The number of terminal acetylenes is 1. The molecule has 1 rings (SSSR count). The van der Waals surface area contributed by atoms with Gasteiger partial charge in [0.1, 0.15) is 4.90 Å². The monoisotopic (exact) mass is 296 g/mol. The molecule has 1 aromatic carbocycles. The third-order valence-electron chi connectivity index (χ3n) is 2.47. The van der Waals surface area contributed by atoms with Gasteiger partial charge in [0.2, 0.25) is 10.0 Å². The molecule has 7 heteroatoms. The van der Waals surface area contributed by atoms with Crippen LogP contribution in [0.25, 0.3) is 0 Å². The van der Waals surface area contributed by atoms with Crippen molar-refractivity contribution in [1.29, 1.82) is 0 Å². The number of nitrogens with one attached hydrogen (secondary N) is 1. The summed E-state index contributed by atoms with van der Waals surface area (Å²) in [4.78, 5) is 11.2. The summed E-state index contributed by atoms with van der Waals surface area (Å²) in [6, 6.07) is 3.79. The molecule has 0 radical (unpaired) electrons. The Balaban J connectivity index is 3.22. The van der Waals surface area contributed by atoms with Crippen molar-refractivity contribution >= 4 is 21.7 Å². The molecule has 108 valence electrons. The zero-order valence-corrected chi connectivity index (χ0v) is 12.2. The number of carbonyl (C=O) groups is 1. The summed E-state index contributed by atoms with van der Waals surface area (Å²) in [5.74, 6) is 1.72. The first-order chi connectivity index (χ1) is 9.13. The van der Waals surface area contributed by atoms with Crippen molar-refractivity contribution in [1.82, 2.24) is 4.72 Å². The summed E-state index contributed by atoms with van der Waals surface area (Å²) in [7, 11) is -2.66. The summed E-state index contributed by atoms with van der Waals surface area (Å²) in [6.07, 6.45) is 5.24. The number of hydrogen-bond donors (Lipinski definition) is 2. The van der Waals surface area contributed by atoms with Crippen molar-refractivity contribution < 1.29 is 17.9 Å². The maximum Gasteiger partial charge on any atom is 0.337 e. The van der Waals surface area contributed by atoms with Gasteiger partial charge in [-0.1, -0.05) is 5.92 Å². The smallest absolute Gasteiger partial charge is 0.337 e. The molecule has 0 atom stereocenters. The van der Waals surface area contributed by atoms with E-state index in [1.807, 2.05) is 0 Å². The Hall–Kier alpha value is -2.04. The highest BCUT2D eigenvalue weighted by atomic mass is 32.2. The lowest BCUT2D eigenvalue weighted by atomic mass is 10.1. The molecule has 0 unspecified atom stereocenters. The third kappa shape index (κ3) is 3.50. The molecule has 0 bridgehead atoms. The van der Waals surface area contributed by atoms with Crippen LogP contribution in [0.15, 0.2) is 23.1 Å².